The fourth-order valence-electron chi connectivity index (χ4n) is 4.78. The molecule has 6 nitrogen and oxygen atoms in total. The maximum atomic E-state index is 11.6. The first-order valence-electron chi connectivity index (χ1n) is 11.9. The van der Waals surface area contributed by atoms with Gasteiger partial charge in [0.25, 0.3) is 0 Å². The molecule has 0 aliphatic heterocycles. The monoisotopic (exact) mass is 479 g/mol. The Labute approximate surface area is 210 Å². The number of fused-ring (bicyclic) bond motifs is 1. The zero-order chi connectivity index (χ0) is 25.7. The van der Waals surface area contributed by atoms with E-state index in [1.165, 1.54) is 10.9 Å². The van der Waals surface area contributed by atoms with E-state index in [-0.39, 0.29) is 17.2 Å². The third-order valence-electron chi connectivity index (χ3n) is 7.17. The quantitative estimate of drug-likeness (QED) is 0.262. The van der Waals surface area contributed by atoms with E-state index in [0.29, 0.717) is 16.8 Å². The first-order valence-corrected chi connectivity index (χ1v) is 11.9. The van der Waals surface area contributed by atoms with Crippen LogP contribution in [0.5, 0.6) is 17.2 Å². The van der Waals surface area contributed by atoms with Crippen LogP contribution in [0.2, 0.25) is 0 Å². The Morgan fingerprint density at radius 2 is 1.19 bits per heavy atom. The van der Waals surface area contributed by atoms with Crippen molar-refractivity contribution in [1.82, 2.24) is 15.0 Å². The van der Waals surface area contributed by atoms with E-state index < -0.39 is 10.8 Å². The van der Waals surface area contributed by atoms with Crippen molar-refractivity contribution in [3.63, 3.8) is 0 Å². The topological polar surface area (TPSA) is 91.4 Å². The number of phenolic OH excluding ortho intramolecular Hbond substituents is 3. The normalized spacial score (nSPS) is 12.2. The molecule has 36 heavy (non-hydrogen) atoms. The van der Waals surface area contributed by atoms with E-state index >= 15 is 0 Å². The molecule has 5 rings (SSSR count). The van der Waals surface area contributed by atoms with Gasteiger partial charge in [0.1, 0.15) is 22.5 Å². The molecule has 0 spiro atoms. The van der Waals surface area contributed by atoms with Gasteiger partial charge in [-0.15, -0.1) is 15.0 Å². The molecule has 0 fully saturated rings. The van der Waals surface area contributed by atoms with Gasteiger partial charge in [0.2, 0.25) is 0 Å². The van der Waals surface area contributed by atoms with Crippen molar-refractivity contribution in [3.8, 4) is 22.9 Å². The molecule has 0 unspecified atom stereocenters. The smallest absolute Gasteiger partial charge is 0.161 e. The molecule has 0 amide bonds. The molecular formula is C30H29N3O3. The molecule has 1 heterocycles. The highest BCUT2D eigenvalue weighted by atomic mass is 16.3. The van der Waals surface area contributed by atoms with Gasteiger partial charge >= 0.3 is 0 Å². The first-order chi connectivity index (χ1) is 17.1. The summed E-state index contributed by atoms with van der Waals surface area (Å²) in [6, 6.07) is 26.5. The van der Waals surface area contributed by atoms with Gasteiger partial charge in [-0.1, -0.05) is 88.4 Å². The van der Waals surface area contributed by atoms with Crippen LogP contribution in [0.15, 0.2) is 84.9 Å². The third-order valence-corrected chi connectivity index (χ3v) is 7.17. The second-order valence-corrected chi connectivity index (χ2v) is 10.2. The highest BCUT2D eigenvalue weighted by Crippen LogP contribution is 2.47. The Bertz CT molecular complexity index is 1540. The van der Waals surface area contributed by atoms with Crippen molar-refractivity contribution in [2.75, 3.05) is 0 Å². The summed E-state index contributed by atoms with van der Waals surface area (Å²) in [7, 11) is 0. The number of hydrogen-bond donors (Lipinski definition) is 3. The van der Waals surface area contributed by atoms with Crippen LogP contribution in [0.4, 0.5) is 0 Å². The summed E-state index contributed by atoms with van der Waals surface area (Å²) in [6.45, 7) is 8.08. The van der Waals surface area contributed by atoms with E-state index in [2.05, 4.69) is 36.2 Å². The van der Waals surface area contributed by atoms with Crippen molar-refractivity contribution in [2.24, 2.45) is 0 Å². The lowest BCUT2D eigenvalue weighted by Gasteiger charge is -2.32. The Morgan fingerprint density at radius 3 is 1.83 bits per heavy atom. The summed E-state index contributed by atoms with van der Waals surface area (Å²) in [5.74, 6) is -0.407. The number of aromatic hydroxyl groups is 3. The lowest BCUT2D eigenvalue weighted by Crippen LogP contribution is -2.24. The SMILES string of the molecule is CC(C)(c1ccccc1)c1cc(-n2nc3ccccc3n2)c(O)c(C(C)(C)c2cccc(O)c2O)c1. The number of phenols is 3. The van der Waals surface area contributed by atoms with Crippen LogP contribution in [0.1, 0.15) is 49.9 Å². The fraction of sp³-hybridized carbons (Fsp3) is 0.200. The highest BCUT2D eigenvalue weighted by Gasteiger charge is 2.34. The Balaban J connectivity index is 1.80. The zero-order valence-electron chi connectivity index (χ0n) is 20.8. The largest absolute Gasteiger partial charge is 0.505 e. The van der Waals surface area contributed by atoms with Gasteiger partial charge in [-0.3, -0.25) is 0 Å². The predicted molar refractivity (Wildman–Crippen MR) is 141 cm³/mol. The van der Waals surface area contributed by atoms with E-state index in [1.807, 2.05) is 68.4 Å². The molecule has 4 aromatic carbocycles. The van der Waals surface area contributed by atoms with Gasteiger partial charge < -0.3 is 15.3 Å². The molecule has 0 aliphatic rings. The molecular weight excluding hydrogens is 450 g/mol. The average Bonchev–Trinajstić information content (AvgIpc) is 3.30. The molecule has 6 heteroatoms. The van der Waals surface area contributed by atoms with Crippen molar-refractivity contribution in [3.05, 3.63) is 107 Å². The Hall–Kier alpha value is -4.32. The molecule has 5 aromatic rings. The highest BCUT2D eigenvalue weighted by molar-refractivity contribution is 5.74. The summed E-state index contributed by atoms with van der Waals surface area (Å²) in [4.78, 5) is 1.46. The van der Waals surface area contributed by atoms with Gasteiger partial charge in [-0.05, 0) is 35.4 Å². The molecule has 0 radical (unpaired) electrons. The van der Waals surface area contributed by atoms with Gasteiger partial charge in [0.15, 0.2) is 11.5 Å². The number of benzene rings is 4. The second kappa shape index (κ2) is 8.41. The lowest BCUT2D eigenvalue weighted by atomic mass is 9.72. The van der Waals surface area contributed by atoms with Crippen LogP contribution >= 0.6 is 0 Å². The number of para-hydroxylation sites is 1. The molecule has 182 valence electrons. The summed E-state index contributed by atoms with van der Waals surface area (Å²) in [6.07, 6.45) is 0. The third kappa shape index (κ3) is 3.75. The van der Waals surface area contributed by atoms with Gasteiger partial charge in [0.05, 0.1) is 0 Å². The van der Waals surface area contributed by atoms with Crippen molar-refractivity contribution in [2.45, 2.75) is 38.5 Å². The molecule has 0 aliphatic carbocycles. The van der Waals surface area contributed by atoms with Crippen LogP contribution in [0, 0.1) is 0 Å². The average molecular weight is 480 g/mol. The number of rotatable bonds is 5. The Morgan fingerprint density at radius 1 is 0.583 bits per heavy atom. The van der Waals surface area contributed by atoms with Crippen LogP contribution in [0.3, 0.4) is 0 Å². The van der Waals surface area contributed by atoms with Crippen LogP contribution in [0.25, 0.3) is 16.7 Å². The number of aromatic nitrogens is 3. The Kier molecular flexibility index (Phi) is 5.47. The predicted octanol–water partition coefficient (Wildman–Crippen LogP) is 6.19. The molecule has 0 bridgehead atoms. The van der Waals surface area contributed by atoms with E-state index in [9.17, 15) is 15.3 Å². The van der Waals surface area contributed by atoms with Gasteiger partial charge in [-0.2, -0.15) is 0 Å². The minimum Gasteiger partial charge on any atom is -0.505 e. The lowest BCUT2D eigenvalue weighted by molar-refractivity contribution is 0.389. The van der Waals surface area contributed by atoms with Crippen LogP contribution in [-0.2, 0) is 10.8 Å². The fourth-order valence-corrected chi connectivity index (χ4v) is 4.78. The van der Waals surface area contributed by atoms with Crippen molar-refractivity contribution < 1.29 is 15.3 Å². The maximum absolute atomic E-state index is 11.6. The van der Waals surface area contributed by atoms with E-state index in [0.717, 1.165) is 22.2 Å². The number of nitrogens with zero attached hydrogens (tertiary/aromatic N) is 3. The van der Waals surface area contributed by atoms with Crippen LogP contribution < -0.4 is 0 Å². The summed E-state index contributed by atoms with van der Waals surface area (Å²) >= 11 is 0. The van der Waals surface area contributed by atoms with E-state index in [1.54, 1.807) is 12.1 Å². The van der Waals surface area contributed by atoms with Gasteiger partial charge in [-0.25, -0.2) is 0 Å². The second-order valence-electron chi connectivity index (χ2n) is 10.2. The van der Waals surface area contributed by atoms with Crippen LogP contribution in [-0.4, -0.2) is 30.3 Å². The summed E-state index contributed by atoms with van der Waals surface area (Å²) in [5.41, 5.74) is 3.74. The van der Waals surface area contributed by atoms with Gasteiger partial charge in [0, 0.05) is 22.0 Å². The molecule has 0 atom stereocenters. The van der Waals surface area contributed by atoms with E-state index in [4.69, 9.17) is 0 Å². The van der Waals surface area contributed by atoms with Crippen molar-refractivity contribution >= 4 is 11.0 Å². The summed E-state index contributed by atoms with van der Waals surface area (Å²) in [5, 5.41) is 41.8. The molecule has 3 N–H and O–H groups in total. The maximum Gasteiger partial charge on any atom is 0.161 e. The standard InChI is InChI=1S/C30H29N3O3/c1-29(2,19-11-6-5-7-12-19)20-17-22(30(3,4)21-13-10-16-26(34)28(21)36)27(35)25(18-20)33-31-23-14-8-9-15-24(23)32-33/h5-18,34-36H,1-4H3. The summed E-state index contributed by atoms with van der Waals surface area (Å²) < 4.78 is 0. The number of hydrogen-bond acceptors (Lipinski definition) is 5. The molecule has 0 saturated heterocycles. The molecule has 0 saturated carbocycles. The zero-order valence-corrected chi connectivity index (χ0v) is 20.8. The van der Waals surface area contributed by atoms with Crippen molar-refractivity contribution in [1.29, 1.82) is 0 Å². The molecule has 1 aromatic heterocycles. The first kappa shape index (κ1) is 23.4. The minimum absolute atomic E-state index is 0.00987. The minimum atomic E-state index is -0.864.